The first-order valence-electron chi connectivity index (χ1n) is 4.67. The SMILES string of the molecule is O=C1C=C(O)C2=C(C1)c1cc(O)ccc12. The van der Waals surface area contributed by atoms with Gasteiger partial charge in [0.2, 0.25) is 0 Å². The van der Waals surface area contributed by atoms with Gasteiger partial charge in [-0.1, -0.05) is 0 Å². The molecule has 0 heterocycles. The minimum Gasteiger partial charge on any atom is -0.508 e. The molecule has 0 unspecified atom stereocenters. The number of carbonyl (C=O) groups is 1. The summed E-state index contributed by atoms with van der Waals surface area (Å²) in [4.78, 5) is 11.2. The molecule has 1 aromatic rings. The Labute approximate surface area is 86.0 Å². The Morgan fingerprint density at radius 2 is 1.93 bits per heavy atom. The molecule has 0 aromatic heterocycles. The molecule has 3 heteroatoms. The van der Waals surface area contributed by atoms with Crippen molar-refractivity contribution in [2.75, 3.05) is 0 Å². The van der Waals surface area contributed by atoms with Gasteiger partial charge in [0.05, 0.1) is 0 Å². The van der Waals surface area contributed by atoms with Crippen molar-refractivity contribution in [3.05, 3.63) is 41.2 Å². The Morgan fingerprint density at radius 3 is 2.73 bits per heavy atom. The van der Waals surface area contributed by atoms with Gasteiger partial charge in [0, 0.05) is 18.1 Å². The summed E-state index contributed by atoms with van der Waals surface area (Å²) in [6, 6.07) is 4.95. The first-order chi connectivity index (χ1) is 7.16. The van der Waals surface area contributed by atoms with Gasteiger partial charge in [-0.25, -0.2) is 0 Å². The Morgan fingerprint density at radius 1 is 1.13 bits per heavy atom. The van der Waals surface area contributed by atoms with Crippen LogP contribution in [-0.2, 0) is 4.79 Å². The summed E-state index contributed by atoms with van der Waals surface area (Å²) < 4.78 is 0. The van der Waals surface area contributed by atoms with E-state index in [4.69, 9.17) is 0 Å². The number of hydrogen-bond acceptors (Lipinski definition) is 3. The number of ketones is 1. The third-order valence-corrected chi connectivity index (χ3v) is 2.80. The van der Waals surface area contributed by atoms with Crippen molar-refractivity contribution in [3.63, 3.8) is 0 Å². The van der Waals surface area contributed by atoms with E-state index in [0.29, 0.717) is 6.42 Å². The Hall–Kier alpha value is -2.03. The van der Waals surface area contributed by atoms with E-state index in [0.717, 1.165) is 22.3 Å². The van der Waals surface area contributed by atoms with Gasteiger partial charge in [-0.15, -0.1) is 0 Å². The van der Waals surface area contributed by atoms with E-state index in [1.54, 1.807) is 18.2 Å². The van der Waals surface area contributed by atoms with Gasteiger partial charge in [0.15, 0.2) is 5.78 Å². The number of aromatic hydroxyl groups is 1. The van der Waals surface area contributed by atoms with Crippen LogP contribution in [-0.4, -0.2) is 16.0 Å². The van der Waals surface area contributed by atoms with Crippen LogP contribution < -0.4 is 0 Å². The quantitative estimate of drug-likeness (QED) is 0.673. The van der Waals surface area contributed by atoms with Crippen LogP contribution in [0.3, 0.4) is 0 Å². The van der Waals surface area contributed by atoms with Crippen LogP contribution in [0.5, 0.6) is 5.75 Å². The first kappa shape index (κ1) is 8.29. The van der Waals surface area contributed by atoms with Gasteiger partial charge >= 0.3 is 0 Å². The number of phenolic OH excluding ortho intramolecular Hbond substituents is 1. The largest absolute Gasteiger partial charge is 0.508 e. The van der Waals surface area contributed by atoms with Crippen molar-refractivity contribution in [3.8, 4) is 5.75 Å². The van der Waals surface area contributed by atoms with Crippen LogP contribution in [0.25, 0.3) is 11.1 Å². The normalized spacial score (nSPS) is 17.9. The molecular weight excluding hydrogens is 192 g/mol. The zero-order chi connectivity index (χ0) is 10.6. The summed E-state index contributed by atoms with van der Waals surface area (Å²) in [7, 11) is 0. The highest BCUT2D eigenvalue weighted by atomic mass is 16.3. The van der Waals surface area contributed by atoms with Crippen LogP contribution >= 0.6 is 0 Å². The molecule has 0 aliphatic heterocycles. The maximum Gasteiger partial charge on any atom is 0.163 e. The van der Waals surface area contributed by atoms with Crippen molar-refractivity contribution in [1.29, 1.82) is 0 Å². The average molecular weight is 200 g/mol. The molecule has 0 radical (unpaired) electrons. The average Bonchev–Trinajstić information content (AvgIpc) is 2.16. The molecule has 0 amide bonds. The second-order valence-electron chi connectivity index (χ2n) is 3.76. The molecule has 3 nitrogen and oxygen atoms in total. The second-order valence-corrected chi connectivity index (χ2v) is 3.76. The molecule has 0 saturated carbocycles. The van der Waals surface area contributed by atoms with Crippen molar-refractivity contribution in [1.82, 2.24) is 0 Å². The highest BCUT2D eigenvalue weighted by Crippen LogP contribution is 2.48. The number of allylic oxidation sites excluding steroid dienone is 3. The maximum atomic E-state index is 11.2. The Kier molecular flexibility index (Phi) is 1.39. The van der Waals surface area contributed by atoms with E-state index in [2.05, 4.69) is 0 Å². The summed E-state index contributed by atoms with van der Waals surface area (Å²) in [6.45, 7) is 0. The lowest BCUT2D eigenvalue weighted by Crippen LogP contribution is -2.16. The number of aliphatic hydroxyl groups excluding tert-OH is 1. The molecule has 3 rings (SSSR count). The smallest absolute Gasteiger partial charge is 0.163 e. The highest BCUT2D eigenvalue weighted by molar-refractivity contribution is 6.19. The fourth-order valence-electron chi connectivity index (χ4n) is 2.16. The third-order valence-electron chi connectivity index (χ3n) is 2.80. The van der Waals surface area contributed by atoms with Gasteiger partial charge in [-0.3, -0.25) is 4.79 Å². The fraction of sp³-hybridized carbons (Fsp3) is 0.0833. The molecule has 2 aliphatic rings. The first-order valence-corrected chi connectivity index (χ1v) is 4.67. The lowest BCUT2D eigenvalue weighted by atomic mass is 9.74. The Balaban J connectivity index is 2.18. The van der Waals surface area contributed by atoms with Crippen molar-refractivity contribution < 1.29 is 15.0 Å². The molecule has 0 spiro atoms. The number of fused-ring (bicyclic) bond motifs is 3. The molecule has 0 atom stereocenters. The van der Waals surface area contributed by atoms with Crippen molar-refractivity contribution in [2.24, 2.45) is 0 Å². The molecule has 74 valence electrons. The number of benzene rings is 1. The second kappa shape index (κ2) is 2.51. The van der Waals surface area contributed by atoms with Crippen LogP contribution in [0.1, 0.15) is 17.5 Å². The standard InChI is InChI=1S/C12H8O3/c13-6-1-2-8-9(3-6)10-4-7(14)5-11(15)12(8)10/h1-3,5,13,15H,4H2. The summed E-state index contributed by atoms with van der Waals surface area (Å²) >= 11 is 0. The number of aliphatic hydroxyl groups is 1. The summed E-state index contributed by atoms with van der Waals surface area (Å²) in [5.41, 5.74) is 3.37. The molecule has 2 aliphatic carbocycles. The van der Waals surface area contributed by atoms with Crippen LogP contribution in [0, 0.1) is 0 Å². The molecular formula is C12H8O3. The monoisotopic (exact) mass is 200 g/mol. The topological polar surface area (TPSA) is 57.5 Å². The van der Waals surface area contributed by atoms with Gasteiger partial charge in [-0.2, -0.15) is 0 Å². The molecule has 0 saturated heterocycles. The zero-order valence-electron chi connectivity index (χ0n) is 7.82. The van der Waals surface area contributed by atoms with E-state index in [-0.39, 0.29) is 17.3 Å². The zero-order valence-corrected chi connectivity index (χ0v) is 7.82. The van der Waals surface area contributed by atoms with E-state index in [9.17, 15) is 15.0 Å². The lowest BCUT2D eigenvalue weighted by Gasteiger charge is -2.29. The molecule has 2 N–H and O–H groups in total. The van der Waals surface area contributed by atoms with Crippen LogP contribution in [0.2, 0.25) is 0 Å². The highest BCUT2D eigenvalue weighted by Gasteiger charge is 2.32. The number of hydrogen-bond donors (Lipinski definition) is 2. The molecule has 0 fully saturated rings. The van der Waals surface area contributed by atoms with Crippen LogP contribution in [0.4, 0.5) is 0 Å². The van der Waals surface area contributed by atoms with Gasteiger partial charge in [0.1, 0.15) is 11.5 Å². The van der Waals surface area contributed by atoms with E-state index < -0.39 is 0 Å². The van der Waals surface area contributed by atoms with Gasteiger partial charge < -0.3 is 10.2 Å². The van der Waals surface area contributed by atoms with E-state index in [1.807, 2.05) is 0 Å². The van der Waals surface area contributed by atoms with Crippen molar-refractivity contribution in [2.45, 2.75) is 6.42 Å². The van der Waals surface area contributed by atoms with E-state index >= 15 is 0 Å². The number of phenols is 1. The summed E-state index contributed by atoms with van der Waals surface area (Å²) in [5.74, 6) is 0.126. The minimum absolute atomic E-state index is 0.0411. The predicted molar refractivity (Wildman–Crippen MR) is 55.3 cm³/mol. The van der Waals surface area contributed by atoms with Crippen molar-refractivity contribution >= 4 is 16.9 Å². The number of rotatable bonds is 0. The van der Waals surface area contributed by atoms with Gasteiger partial charge in [0.25, 0.3) is 0 Å². The molecule has 0 bridgehead atoms. The lowest BCUT2D eigenvalue weighted by molar-refractivity contribution is -0.113. The van der Waals surface area contributed by atoms with Gasteiger partial charge in [-0.05, 0) is 34.9 Å². The summed E-state index contributed by atoms with van der Waals surface area (Å²) in [5, 5.41) is 18.9. The molecule has 15 heavy (non-hydrogen) atoms. The summed E-state index contributed by atoms with van der Waals surface area (Å²) in [6.07, 6.45) is 1.57. The fourth-order valence-corrected chi connectivity index (χ4v) is 2.16. The molecule has 1 aromatic carbocycles. The Bertz CT molecular complexity index is 550. The van der Waals surface area contributed by atoms with E-state index in [1.165, 1.54) is 6.08 Å². The van der Waals surface area contributed by atoms with Crippen LogP contribution in [0.15, 0.2) is 30.0 Å². The third kappa shape index (κ3) is 0.973. The minimum atomic E-state index is -0.0970. The number of carbonyl (C=O) groups excluding carboxylic acids is 1. The maximum absolute atomic E-state index is 11.2. The predicted octanol–water partition coefficient (Wildman–Crippen LogP) is 2.03.